The van der Waals surface area contributed by atoms with E-state index >= 15 is 0 Å². The van der Waals surface area contributed by atoms with Gasteiger partial charge in [0.25, 0.3) is 0 Å². The van der Waals surface area contributed by atoms with Crippen molar-refractivity contribution in [3.05, 3.63) is 10.4 Å². The number of carbonyl (C=O) groups excluding carboxylic acids is 1. The summed E-state index contributed by atoms with van der Waals surface area (Å²) in [5.74, 6) is -5.40. The van der Waals surface area contributed by atoms with E-state index in [4.69, 9.17) is 26.0 Å². The van der Waals surface area contributed by atoms with Gasteiger partial charge in [-0.05, 0) is 5.53 Å². The smallest absolute Gasteiger partial charge is 0.317 e. The van der Waals surface area contributed by atoms with Crippen LogP contribution in [0.1, 0.15) is 0 Å². The van der Waals surface area contributed by atoms with Gasteiger partial charge in [0.2, 0.25) is 5.91 Å². The maximum absolute atomic E-state index is 12.1. The molecule has 0 aliphatic rings. The number of azide groups is 1. The van der Waals surface area contributed by atoms with E-state index in [1.54, 1.807) is 0 Å². The Morgan fingerprint density at radius 2 is 1.06 bits per heavy atom. The second kappa shape index (κ2) is 16.3. The number of rotatable bonds is 19. The van der Waals surface area contributed by atoms with Crippen LogP contribution in [0.4, 0.5) is 0 Å². The number of hydrogen-bond donors (Lipinski definition) is 5. The molecule has 0 aliphatic carbocycles. The summed E-state index contributed by atoms with van der Waals surface area (Å²) >= 11 is 0. The van der Waals surface area contributed by atoms with Crippen LogP contribution in [-0.4, -0.2) is 137 Å². The monoisotopic (exact) mass is 461 g/mol. The maximum atomic E-state index is 12.1. The van der Waals surface area contributed by atoms with Crippen LogP contribution in [0.5, 0.6) is 0 Å². The van der Waals surface area contributed by atoms with Crippen LogP contribution in [-0.2, 0) is 24.0 Å². The van der Waals surface area contributed by atoms with Crippen molar-refractivity contribution in [1.29, 1.82) is 0 Å². The second-order valence-electron chi connectivity index (χ2n) is 6.58. The molecule has 0 bridgehead atoms. The molecule has 0 fully saturated rings. The van der Waals surface area contributed by atoms with E-state index in [9.17, 15) is 24.0 Å². The summed E-state index contributed by atoms with van der Waals surface area (Å²) in [5, 5.41) is 41.5. The third-order valence-corrected chi connectivity index (χ3v) is 3.86. The Balaban J connectivity index is 5.12. The molecule has 1 amide bonds. The molecular weight excluding hydrogens is 434 g/mol. The SMILES string of the molecule is [N-]=[N+]=NCCNC(=O)CN(CCN(CC(=O)O)CC(=O)O)CCN(CC(=O)O)CC(=O)O. The minimum atomic E-state index is -1.23. The molecule has 32 heavy (non-hydrogen) atoms. The summed E-state index contributed by atoms with van der Waals surface area (Å²) in [4.78, 5) is 62.2. The lowest BCUT2D eigenvalue weighted by atomic mass is 10.3. The van der Waals surface area contributed by atoms with Crippen molar-refractivity contribution in [3.63, 3.8) is 0 Å². The molecule has 0 saturated heterocycles. The topological polar surface area (TPSA) is 237 Å². The lowest BCUT2D eigenvalue weighted by Gasteiger charge is -2.28. The Morgan fingerprint density at radius 3 is 1.41 bits per heavy atom. The molecule has 5 N–H and O–H groups in total. The quantitative estimate of drug-likeness (QED) is 0.0588. The highest BCUT2D eigenvalue weighted by Gasteiger charge is 2.19. The molecule has 0 rings (SSSR count). The van der Waals surface area contributed by atoms with Crippen molar-refractivity contribution in [1.82, 2.24) is 20.0 Å². The van der Waals surface area contributed by atoms with Gasteiger partial charge in [-0.25, -0.2) is 0 Å². The van der Waals surface area contributed by atoms with Crippen molar-refractivity contribution in [2.24, 2.45) is 5.11 Å². The van der Waals surface area contributed by atoms with Crippen LogP contribution >= 0.6 is 0 Å². The largest absolute Gasteiger partial charge is 0.480 e. The van der Waals surface area contributed by atoms with Crippen molar-refractivity contribution in [3.8, 4) is 0 Å². The van der Waals surface area contributed by atoms with Gasteiger partial charge in [0.1, 0.15) is 0 Å². The third kappa shape index (κ3) is 16.3. The van der Waals surface area contributed by atoms with Gasteiger partial charge in [0.15, 0.2) is 0 Å². The van der Waals surface area contributed by atoms with E-state index < -0.39 is 56.0 Å². The van der Waals surface area contributed by atoms with Gasteiger partial charge < -0.3 is 25.7 Å². The number of amides is 1. The van der Waals surface area contributed by atoms with E-state index in [0.29, 0.717) is 0 Å². The molecule has 0 saturated carbocycles. The van der Waals surface area contributed by atoms with Gasteiger partial charge in [-0.1, -0.05) is 5.11 Å². The van der Waals surface area contributed by atoms with Crippen molar-refractivity contribution in [2.75, 3.05) is 72.0 Å². The maximum Gasteiger partial charge on any atom is 0.317 e. The summed E-state index contributed by atoms with van der Waals surface area (Å²) in [6.07, 6.45) is 0. The minimum Gasteiger partial charge on any atom is -0.480 e. The van der Waals surface area contributed by atoms with Crippen LogP contribution in [0.15, 0.2) is 5.11 Å². The molecule has 0 atom stereocenters. The first-order chi connectivity index (χ1) is 15.0. The molecule has 0 aliphatic heterocycles. The lowest BCUT2D eigenvalue weighted by Crippen LogP contribution is -2.47. The molecule has 16 heteroatoms. The van der Waals surface area contributed by atoms with Gasteiger partial charge in [0, 0.05) is 44.2 Å². The first-order valence-electron chi connectivity index (χ1n) is 9.35. The number of carboxylic acids is 4. The van der Waals surface area contributed by atoms with Crippen LogP contribution in [0.2, 0.25) is 0 Å². The fraction of sp³-hybridized carbons (Fsp3) is 0.688. The second-order valence-corrected chi connectivity index (χ2v) is 6.58. The molecule has 0 aromatic rings. The van der Waals surface area contributed by atoms with Crippen LogP contribution in [0, 0.1) is 0 Å². The Labute approximate surface area is 182 Å². The predicted molar refractivity (Wildman–Crippen MR) is 107 cm³/mol. The van der Waals surface area contributed by atoms with Crippen LogP contribution in [0.3, 0.4) is 0 Å². The standard InChI is InChI=1S/C16H27N7O9/c17-20-19-2-1-18-12(24)7-21(3-5-22(8-13(25)26)9-14(27)28)4-6-23(10-15(29)30)11-16(31)32/h1-11H2,(H,18,24)(H,25,26)(H,27,28)(H,29,30)(H,31,32). The van der Waals surface area contributed by atoms with Crippen LogP contribution < -0.4 is 5.32 Å². The van der Waals surface area contributed by atoms with Gasteiger partial charge in [-0.2, -0.15) is 0 Å². The summed E-state index contributed by atoms with van der Waals surface area (Å²) in [6, 6.07) is 0. The van der Waals surface area contributed by atoms with Gasteiger partial charge in [-0.15, -0.1) is 0 Å². The fourth-order valence-corrected chi connectivity index (χ4v) is 2.58. The molecule has 0 aromatic carbocycles. The highest BCUT2D eigenvalue weighted by atomic mass is 16.4. The number of aliphatic carboxylic acids is 4. The van der Waals surface area contributed by atoms with Gasteiger partial charge in [0.05, 0.1) is 32.7 Å². The Morgan fingerprint density at radius 1 is 0.688 bits per heavy atom. The van der Waals surface area contributed by atoms with Crippen molar-refractivity contribution < 1.29 is 44.4 Å². The molecule has 0 unspecified atom stereocenters. The number of nitrogens with one attached hydrogen (secondary N) is 1. The lowest BCUT2D eigenvalue weighted by molar-refractivity contribution is -0.143. The van der Waals surface area contributed by atoms with Crippen molar-refractivity contribution in [2.45, 2.75) is 0 Å². The third-order valence-electron chi connectivity index (χ3n) is 3.86. The van der Waals surface area contributed by atoms with Gasteiger partial charge in [-0.3, -0.25) is 38.7 Å². The Hall–Kier alpha value is -3.46. The summed E-state index contributed by atoms with van der Waals surface area (Å²) in [5.41, 5.74) is 8.23. The highest BCUT2D eigenvalue weighted by Crippen LogP contribution is 1.97. The zero-order valence-electron chi connectivity index (χ0n) is 17.3. The molecule has 0 aromatic heterocycles. The number of nitrogens with zero attached hydrogens (tertiary/aromatic N) is 6. The molecule has 180 valence electrons. The molecule has 0 heterocycles. The Bertz CT molecular complexity index is 640. The molecule has 0 radical (unpaired) electrons. The molecular formula is C16H27N7O9. The van der Waals surface area contributed by atoms with E-state index in [1.165, 1.54) is 4.90 Å². The number of carboxylic acid groups (broad SMARTS) is 4. The predicted octanol–water partition coefficient (Wildman–Crippen LogP) is -2.34. The van der Waals surface area contributed by atoms with Gasteiger partial charge >= 0.3 is 23.9 Å². The summed E-state index contributed by atoms with van der Waals surface area (Å²) in [6.45, 7) is -2.21. The van der Waals surface area contributed by atoms with E-state index in [0.717, 1.165) is 9.80 Å². The zero-order chi connectivity index (χ0) is 24.5. The molecule has 0 spiro atoms. The molecule has 16 nitrogen and oxygen atoms in total. The van der Waals surface area contributed by atoms with E-state index in [1.807, 2.05) is 0 Å². The fourth-order valence-electron chi connectivity index (χ4n) is 2.58. The van der Waals surface area contributed by atoms with Crippen LogP contribution in [0.25, 0.3) is 10.4 Å². The van der Waals surface area contributed by atoms with Crippen molar-refractivity contribution >= 4 is 29.8 Å². The first-order valence-corrected chi connectivity index (χ1v) is 9.35. The Kier molecular flexibility index (Phi) is 14.5. The normalized spacial score (nSPS) is 10.7. The first kappa shape index (κ1) is 28.5. The number of hydrogen-bond acceptors (Lipinski definition) is 9. The average molecular weight is 461 g/mol. The summed E-state index contributed by atoms with van der Waals surface area (Å²) in [7, 11) is 0. The van der Waals surface area contributed by atoms with E-state index in [2.05, 4.69) is 15.3 Å². The number of carbonyl (C=O) groups is 5. The highest BCUT2D eigenvalue weighted by molar-refractivity contribution is 5.78. The van der Waals surface area contributed by atoms with E-state index in [-0.39, 0.29) is 45.8 Å². The average Bonchev–Trinajstić information content (AvgIpc) is 2.65. The minimum absolute atomic E-state index is 0.0253. The summed E-state index contributed by atoms with van der Waals surface area (Å²) < 4.78 is 0. The zero-order valence-corrected chi connectivity index (χ0v) is 17.3.